The number of thiazole rings is 1. The number of aryl methyl sites for hydroxylation is 1. The van der Waals surface area contributed by atoms with Gasteiger partial charge in [0.25, 0.3) is 0 Å². The number of carbonyl (C=O) groups excluding carboxylic acids is 1. The number of rotatable bonds is 6. The van der Waals surface area contributed by atoms with Crippen molar-refractivity contribution in [2.45, 2.75) is 19.4 Å². The van der Waals surface area contributed by atoms with E-state index in [1.807, 2.05) is 74.6 Å². The Balaban J connectivity index is 1.46. The zero-order chi connectivity index (χ0) is 21.0. The Hall–Kier alpha value is -2.54. The predicted octanol–water partition coefficient (Wildman–Crippen LogP) is 4.15. The van der Waals surface area contributed by atoms with Crippen molar-refractivity contribution < 1.29 is 14.0 Å². The third kappa shape index (κ3) is 4.61. The van der Waals surface area contributed by atoms with Crippen LogP contribution in [0.15, 0.2) is 60.7 Å². The average molecular weight is 423 g/mol. The van der Waals surface area contributed by atoms with Crippen LogP contribution in [0.2, 0.25) is 0 Å². The van der Waals surface area contributed by atoms with Gasteiger partial charge in [0.15, 0.2) is 5.69 Å². The molecule has 30 heavy (non-hydrogen) atoms. The van der Waals surface area contributed by atoms with Crippen molar-refractivity contribution in [2.75, 3.05) is 33.3 Å². The molecule has 6 heteroatoms. The first kappa shape index (κ1) is 20.7. The lowest BCUT2D eigenvalue weighted by Gasteiger charge is -2.39. The first-order valence-corrected chi connectivity index (χ1v) is 11.2. The first-order valence-electron chi connectivity index (χ1n) is 10.4. The van der Waals surface area contributed by atoms with E-state index in [1.54, 1.807) is 11.3 Å². The summed E-state index contributed by atoms with van der Waals surface area (Å²) in [5, 5.41) is 4.48. The molecule has 1 aliphatic rings. The maximum absolute atomic E-state index is 13.6. The number of quaternary nitrogens is 1. The smallest absolute Gasteiger partial charge is 0.365 e. The van der Waals surface area contributed by atoms with E-state index in [0.29, 0.717) is 16.8 Å². The molecule has 0 aliphatic carbocycles. The number of hydrogen-bond acceptors (Lipinski definition) is 5. The van der Waals surface area contributed by atoms with Crippen molar-refractivity contribution in [3.8, 4) is 16.2 Å². The van der Waals surface area contributed by atoms with Crippen LogP contribution in [0, 0.1) is 6.92 Å². The van der Waals surface area contributed by atoms with Crippen LogP contribution in [0.3, 0.4) is 0 Å². The van der Waals surface area contributed by atoms with Crippen LogP contribution in [0.25, 0.3) is 10.4 Å². The first-order chi connectivity index (χ1) is 14.5. The van der Waals surface area contributed by atoms with E-state index >= 15 is 0 Å². The summed E-state index contributed by atoms with van der Waals surface area (Å²) < 4.78 is 6.23. The van der Waals surface area contributed by atoms with Gasteiger partial charge in [0, 0.05) is 13.0 Å². The second kappa shape index (κ2) is 9.08. The van der Waals surface area contributed by atoms with Gasteiger partial charge in [-0.15, -0.1) is 11.3 Å². The molecule has 4 rings (SSSR count). The van der Waals surface area contributed by atoms with Gasteiger partial charge in [0.05, 0.1) is 36.1 Å². The minimum atomic E-state index is 0.105. The van der Waals surface area contributed by atoms with Crippen LogP contribution in [-0.2, 0) is 0 Å². The molecule has 1 N–H and O–H groups in total. The molecule has 0 radical (unpaired) electrons. The number of benzene rings is 2. The Morgan fingerprint density at radius 1 is 1.17 bits per heavy atom. The standard InChI is InChI=1S/C24H28N3O2S/c1-18-26-22(23(30-18)19-9-5-3-6-10-19)24(28)27(2)15-14-25-20(17-27)13-16-29-21-11-7-4-8-12-21/h3-12,20,25H,13-17H2,1-2H3/q+1. The molecular weight excluding hydrogens is 394 g/mol. The molecule has 2 unspecified atom stereocenters. The molecule has 156 valence electrons. The molecule has 2 aromatic carbocycles. The van der Waals surface area contributed by atoms with Crippen molar-refractivity contribution in [1.29, 1.82) is 0 Å². The van der Waals surface area contributed by atoms with Crippen LogP contribution in [0.4, 0.5) is 0 Å². The molecule has 2 atom stereocenters. The second-order valence-electron chi connectivity index (χ2n) is 7.99. The minimum Gasteiger partial charge on any atom is -0.494 e. The maximum Gasteiger partial charge on any atom is 0.365 e. The third-order valence-electron chi connectivity index (χ3n) is 5.60. The fourth-order valence-electron chi connectivity index (χ4n) is 3.98. The summed E-state index contributed by atoms with van der Waals surface area (Å²) in [7, 11) is 2.04. The number of aromatic nitrogens is 1. The molecule has 1 fully saturated rings. The molecule has 0 bridgehead atoms. The van der Waals surface area contributed by atoms with Gasteiger partial charge in [-0.25, -0.2) is 9.78 Å². The van der Waals surface area contributed by atoms with Gasteiger partial charge < -0.3 is 10.1 Å². The van der Waals surface area contributed by atoms with E-state index in [0.717, 1.165) is 47.3 Å². The Morgan fingerprint density at radius 3 is 2.60 bits per heavy atom. The number of nitrogens with one attached hydrogen (secondary N) is 1. The highest BCUT2D eigenvalue weighted by Crippen LogP contribution is 2.32. The lowest BCUT2D eigenvalue weighted by atomic mass is 10.1. The Kier molecular flexibility index (Phi) is 6.27. The van der Waals surface area contributed by atoms with Crippen molar-refractivity contribution in [3.63, 3.8) is 0 Å². The zero-order valence-corrected chi connectivity index (χ0v) is 18.3. The number of ether oxygens (including phenoxy) is 1. The van der Waals surface area contributed by atoms with E-state index in [1.165, 1.54) is 0 Å². The zero-order valence-electron chi connectivity index (χ0n) is 17.5. The van der Waals surface area contributed by atoms with Crippen LogP contribution in [0.1, 0.15) is 21.9 Å². The number of carbonyl (C=O) groups is 1. The quantitative estimate of drug-likeness (QED) is 0.607. The summed E-state index contributed by atoms with van der Waals surface area (Å²) >= 11 is 1.59. The van der Waals surface area contributed by atoms with Crippen molar-refractivity contribution in [1.82, 2.24) is 10.3 Å². The van der Waals surface area contributed by atoms with E-state index in [-0.39, 0.29) is 11.9 Å². The van der Waals surface area contributed by atoms with Gasteiger partial charge in [-0.2, -0.15) is 0 Å². The molecule has 3 aromatic rings. The van der Waals surface area contributed by atoms with Gasteiger partial charge in [-0.3, -0.25) is 4.48 Å². The summed E-state index contributed by atoms with van der Waals surface area (Å²) in [6, 6.07) is 20.2. The summed E-state index contributed by atoms with van der Waals surface area (Å²) in [6.45, 7) is 4.90. The van der Waals surface area contributed by atoms with E-state index in [9.17, 15) is 4.79 Å². The van der Waals surface area contributed by atoms with Gasteiger partial charge >= 0.3 is 5.91 Å². The fraction of sp³-hybridized carbons (Fsp3) is 0.333. The minimum absolute atomic E-state index is 0.105. The van der Waals surface area contributed by atoms with Crippen molar-refractivity contribution in [3.05, 3.63) is 71.4 Å². The number of hydrogen-bond donors (Lipinski definition) is 1. The summed E-state index contributed by atoms with van der Waals surface area (Å²) in [4.78, 5) is 19.2. The molecule has 1 amide bonds. The summed E-state index contributed by atoms with van der Waals surface area (Å²) in [5.74, 6) is 0.987. The van der Waals surface area contributed by atoms with E-state index < -0.39 is 0 Å². The molecule has 0 spiro atoms. The largest absolute Gasteiger partial charge is 0.494 e. The van der Waals surface area contributed by atoms with Crippen molar-refractivity contribution >= 4 is 17.2 Å². The SMILES string of the molecule is Cc1nc(C(=O)[N+]2(C)CCNC(CCOc3ccccc3)C2)c(-c2ccccc2)s1. The van der Waals surface area contributed by atoms with Gasteiger partial charge in [0.2, 0.25) is 0 Å². The highest BCUT2D eigenvalue weighted by Gasteiger charge is 2.41. The highest BCUT2D eigenvalue weighted by molar-refractivity contribution is 7.15. The maximum atomic E-state index is 13.6. The molecule has 1 saturated heterocycles. The molecule has 5 nitrogen and oxygen atoms in total. The highest BCUT2D eigenvalue weighted by atomic mass is 32.1. The van der Waals surface area contributed by atoms with Crippen LogP contribution in [-0.4, -0.2) is 54.7 Å². The normalized spacial score (nSPS) is 21.3. The Labute approximate surface area is 181 Å². The number of piperazine rings is 1. The number of nitrogens with zero attached hydrogens (tertiary/aromatic N) is 2. The lowest BCUT2D eigenvalue weighted by molar-refractivity contribution is -0.834. The molecular formula is C24H28N3O2S+. The summed E-state index contributed by atoms with van der Waals surface area (Å²) in [6.07, 6.45) is 0.859. The monoisotopic (exact) mass is 422 g/mol. The summed E-state index contributed by atoms with van der Waals surface area (Å²) in [5.41, 5.74) is 1.66. The number of amides is 1. The molecule has 2 heterocycles. The Bertz CT molecular complexity index is 990. The van der Waals surface area contributed by atoms with Crippen LogP contribution in [0.5, 0.6) is 5.75 Å². The van der Waals surface area contributed by atoms with E-state index in [4.69, 9.17) is 4.74 Å². The average Bonchev–Trinajstić information content (AvgIpc) is 3.16. The topological polar surface area (TPSA) is 51.2 Å². The predicted molar refractivity (Wildman–Crippen MR) is 121 cm³/mol. The molecule has 1 aliphatic heterocycles. The second-order valence-corrected chi connectivity index (χ2v) is 9.19. The Morgan fingerprint density at radius 2 is 1.87 bits per heavy atom. The van der Waals surface area contributed by atoms with E-state index in [2.05, 4.69) is 10.3 Å². The van der Waals surface area contributed by atoms with Crippen LogP contribution >= 0.6 is 11.3 Å². The third-order valence-corrected chi connectivity index (χ3v) is 6.62. The lowest BCUT2D eigenvalue weighted by Crippen LogP contribution is -2.63. The molecule has 0 saturated carbocycles. The van der Waals surface area contributed by atoms with Gasteiger partial charge in [-0.05, 0) is 24.6 Å². The van der Waals surface area contributed by atoms with Gasteiger partial charge in [-0.1, -0.05) is 48.5 Å². The van der Waals surface area contributed by atoms with Crippen molar-refractivity contribution in [2.24, 2.45) is 0 Å². The number of para-hydroxylation sites is 1. The molecule has 1 aromatic heterocycles. The van der Waals surface area contributed by atoms with Crippen LogP contribution < -0.4 is 10.1 Å². The number of likely N-dealkylation sites (N-methyl/N-ethyl adjacent to an activating group) is 1. The fourth-order valence-corrected chi connectivity index (χ4v) is 4.90. The van der Waals surface area contributed by atoms with Gasteiger partial charge in [0.1, 0.15) is 12.3 Å².